The summed E-state index contributed by atoms with van der Waals surface area (Å²) in [5, 5.41) is 13.0. The van der Waals surface area contributed by atoms with E-state index in [0.717, 1.165) is 36.0 Å². The lowest BCUT2D eigenvalue weighted by molar-refractivity contribution is 0.579. The highest BCUT2D eigenvalue weighted by Crippen LogP contribution is 2.20. The van der Waals surface area contributed by atoms with Gasteiger partial charge in [-0.05, 0) is 42.7 Å². The number of thiophene rings is 1. The van der Waals surface area contributed by atoms with Crippen molar-refractivity contribution in [1.82, 2.24) is 15.1 Å². The second-order valence-electron chi connectivity index (χ2n) is 4.35. The highest BCUT2D eigenvalue weighted by molar-refractivity contribution is 7.08. The number of nitrogens with one attached hydrogen (secondary N) is 1. The zero-order valence-corrected chi connectivity index (χ0v) is 12.5. The normalized spacial score (nSPS) is 11.1. The fraction of sp³-hybridized carbons (Fsp3) is 0.462. The molecule has 0 spiro atoms. The summed E-state index contributed by atoms with van der Waals surface area (Å²) in [4.78, 5) is 0. The van der Waals surface area contributed by atoms with E-state index in [-0.39, 0.29) is 0 Å². The predicted molar refractivity (Wildman–Crippen MR) is 77.2 cm³/mol. The summed E-state index contributed by atoms with van der Waals surface area (Å²) >= 11 is 8.01. The highest BCUT2D eigenvalue weighted by atomic mass is 35.5. The molecule has 3 nitrogen and oxygen atoms in total. The second-order valence-corrected chi connectivity index (χ2v) is 5.47. The first-order valence-corrected chi connectivity index (χ1v) is 7.39. The molecule has 2 heterocycles. The summed E-state index contributed by atoms with van der Waals surface area (Å²) in [5.74, 6) is 0. The quantitative estimate of drug-likeness (QED) is 0.910. The third-order valence-corrected chi connectivity index (χ3v) is 4.42. The van der Waals surface area contributed by atoms with Gasteiger partial charge in [0.15, 0.2) is 0 Å². The van der Waals surface area contributed by atoms with Gasteiger partial charge in [0, 0.05) is 19.6 Å². The average molecular weight is 284 g/mol. The second kappa shape index (κ2) is 5.87. The number of hydrogen-bond donors (Lipinski definition) is 1. The molecule has 2 aromatic heterocycles. The number of rotatable bonds is 5. The van der Waals surface area contributed by atoms with Gasteiger partial charge in [-0.3, -0.25) is 4.68 Å². The molecule has 2 aromatic rings. The van der Waals surface area contributed by atoms with Crippen LogP contribution in [0.25, 0.3) is 0 Å². The molecule has 1 N–H and O–H groups in total. The Labute approximate surface area is 117 Å². The first kappa shape index (κ1) is 13.6. The van der Waals surface area contributed by atoms with Crippen molar-refractivity contribution in [2.24, 2.45) is 0 Å². The molecule has 0 fully saturated rings. The van der Waals surface area contributed by atoms with Crippen LogP contribution in [0, 0.1) is 13.8 Å². The van der Waals surface area contributed by atoms with Crippen LogP contribution in [0.4, 0.5) is 0 Å². The first-order chi connectivity index (χ1) is 8.63. The van der Waals surface area contributed by atoms with E-state index in [9.17, 15) is 0 Å². The lowest BCUT2D eigenvalue weighted by Gasteiger charge is -2.07. The van der Waals surface area contributed by atoms with Gasteiger partial charge < -0.3 is 5.32 Å². The molecule has 0 aromatic carbocycles. The van der Waals surface area contributed by atoms with E-state index >= 15 is 0 Å². The van der Waals surface area contributed by atoms with Crippen LogP contribution in [0.5, 0.6) is 0 Å². The molecule has 18 heavy (non-hydrogen) atoms. The maximum absolute atomic E-state index is 6.26. The van der Waals surface area contributed by atoms with Gasteiger partial charge in [-0.25, -0.2) is 0 Å². The van der Waals surface area contributed by atoms with Gasteiger partial charge in [-0.15, -0.1) is 0 Å². The summed E-state index contributed by atoms with van der Waals surface area (Å²) in [6.07, 6.45) is 0. The molecule has 0 saturated carbocycles. The van der Waals surface area contributed by atoms with Crippen LogP contribution in [-0.4, -0.2) is 9.78 Å². The molecule has 5 heteroatoms. The number of halogens is 1. The van der Waals surface area contributed by atoms with E-state index in [1.807, 2.05) is 11.6 Å². The predicted octanol–water partition coefficient (Wildman–Crippen LogP) is 3.52. The van der Waals surface area contributed by atoms with Crippen LogP contribution in [-0.2, 0) is 19.6 Å². The Bertz CT molecular complexity index is 530. The van der Waals surface area contributed by atoms with E-state index in [1.54, 1.807) is 11.3 Å². The van der Waals surface area contributed by atoms with E-state index in [1.165, 1.54) is 11.1 Å². The van der Waals surface area contributed by atoms with E-state index in [4.69, 9.17) is 11.6 Å². The van der Waals surface area contributed by atoms with Crippen LogP contribution in [0.3, 0.4) is 0 Å². The Balaban J connectivity index is 2.00. The Morgan fingerprint density at radius 2 is 2.11 bits per heavy atom. The molecule has 0 aliphatic rings. The maximum atomic E-state index is 6.26. The van der Waals surface area contributed by atoms with E-state index < -0.39 is 0 Å². The van der Waals surface area contributed by atoms with Crippen molar-refractivity contribution in [3.05, 3.63) is 38.3 Å². The molecule has 0 atom stereocenters. The fourth-order valence-corrected chi connectivity index (χ4v) is 2.98. The summed E-state index contributed by atoms with van der Waals surface area (Å²) < 4.78 is 1.96. The zero-order chi connectivity index (χ0) is 13.1. The molecule has 0 unspecified atom stereocenters. The minimum atomic E-state index is 0.753. The molecular formula is C13H18ClN3S. The SMILES string of the molecule is CCn1nc(C)c(Cl)c1CNCc1cscc1C. The van der Waals surface area contributed by atoms with Crippen molar-refractivity contribution in [2.45, 2.75) is 40.4 Å². The fourth-order valence-electron chi connectivity index (χ4n) is 1.92. The van der Waals surface area contributed by atoms with Crippen LogP contribution < -0.4 is 5.32 Å². The van der Waals surface area contributed by atoms with Gasteiger partial charge >= 0.3 is 0 Å². The average Bonchev–Trinajstić information content (AvgIpc) is 2.87. The van der Waals surface area contributed by atoms with Crippen molar-refractivity contribution in [3.63, 3.8) is 0 Å². The van der Waals surface area contributed by atoms with Gasteiger partial charge in [-0.1, -0.05) is 11.6 Å². The first-order valence-electron chi connectivity index (χ1n) is 6.07. The van der Waals surface area contributed by atoms with Crippen molar-refractivity contribution < 1.29 is 0 Å². The van der Waals surface area contributed by atoms with Gasteiger partial charge in [0.1, 0.15) is 0 Å². The standard InChI is InChI=1S/C13H18ClN3S/c1-4-17-12(13(14)10(3)16-17)6-15-5-11-8-18-7-9(11)2/h7-8,15H,4-6H2,1-3H3. The number of aryl methyl sites for hydroxylation is 3. The van der Waals surface area contributed by atoms with Gasteiger partial charge in [0.25, 0.3) is 0 Å². The summed E-state index contributed by atoms with van der Waals surface area (Å²) in [6, 6.07) is 0. The largest absolute Gasteiger partial charge is 0.307 e. The van der Waals surface area contributed by atoms with Crippen LogP contribution >= 0.6 is 22.9 Å². The van der Waals surface area contributed by atoms with Crippen molar-refractivity contribution in [2.75, 3.05) is 0 Å². The van der Waals surface area contributed by atoms with Crippen molar-refractivity contribution in [1.29, 1.82) is 0 Å². The molecule has 0 aliphatic carbocycles. The van der Waals surface area contributed by atoms with Crippen LogP contribution in [0.2, 0.25) is 5.02 Å². The molecule has 2 rings (SSSR count). The van der Waals surface area contributed by atoms with Crippen LogP contribution in [0.1, 0.15) is 29.4 Å². The third-order valence-electron chi connectivity index (χ3n) is 3.02. The minimum Gasteiger partial charge on any atom is -0.307 e. The van der Waals surface area contributed by atoms with Crippen LogP contribution in [0.15, 0.2) is 10.8 Å². The maximum Gasteiger partial charge on any atom is 0.0860 e. The number of aromatic nitrogens is 2. The molecule has 0 amide bonds. The van der Waals surface area contributed by atoms with Gasteiger partial charge in [0.2, 0.25) is 0 Å². The van der Waals surface area contributed by atoms with Crippen molar-refractivity contribution >= 4 is 22.9 Å². The monoisotopic (exact) mass is 283 g/mol. The number of nitrogens with zero attached hydrogens (tertiary/aromatic N) is 2. The van der Waals surface area contributed by atoms with E-state index in [2.05, 4.69) is 35.0 Å². The minimum absolute atomic E-state index is 0.753. The molecule has 98 valence electrons. The molecule has 0 bridgehead atoms. The summed E-state index contributed by atoms with van der Waals surface area (Å²) in [5.41, 5.74) is 4.68. The van der Waals surface area contributed by atoms with Crippen molar-refractivity contribution in [3.8, 4) is 0 Å². The summed E-state index contributed by atoms with van der Waals surface area (Å²) in [7, 11) is 0. The highest BCUT2D eigenvalue weighted by Gasteiger charge is 2.11. The lowest BCUT2D eigenvalue weighted by atomic mass is 10.2. The Hall–Kier alpha value is -0.840. The third kappa shape index (κ3) is 2.76. The lowest BCUT2D eigenvalue weighted by Crippen LogP contribution is -2.16. The number of hydrogen-bond acceptors (Lipinski definition) is 3. The Morgan fingerprint density at radius 3 is 2.72 bits per heavy atom. The molecule has 0 radical (unpaired) electrons. The molecule has 0 aliphatic heterocycles. The molecule has 0 saturated heterocycles. The Kier molecular flexibility index (Phi) is 4.43. The van der Waals surface area contributed by atoms with Gasteiger partial charge in [0.05, 0.1) is 16.4 Å². The zero-order valence-electron chi connectivity index (χ0n) is 11.0. The smallest absolute Gasteiger partial charge is 0.0860 e. The van der Waals surface area contributed by atoms with E-state index in [0.29, 0.717) is 0 Å². The van der Waals surface area contributed by atoms with Gasteiger partial charge in [-0.2, -0.15) is 16.4 Å². The Morgan fingerprint density at radius 1 is 1.33 bits per heavy atom. The topological polar surface area (TPSA) is 29.9 Å². The molecular weight excluding hydrogens is 266 g/mol. The summed E-state index contributed by atoms with van der Waals surface area (Å²) in [6.45, 7) is 8.64.